The third kappa shape index (κ3) is 4.08. The molecule has 1 N–H and O–H groups in total. The van der Waals surface area contributed by atoms with Crippen LogP contribution in [0.2, 0.25) is 5.02 Å². The fourth-order valence-electron chi connectivity index (χ4n) is 1.72. The highest BCUT2D eigenvalue weighted by atomic mass is 35.5. The zero-order valence-corrected chi connectivity index (χ0v) is 11.5. The summed E-state index contributed by atoms with van der Waals surface area (Å²) in [6.07, 6.45) is 2.72. The molecule has 1 saturated carbocycles. The van der Waals surface area contributed by atoms with Gasteiger partial charge >= 0.3 is 0 Å². The maximum absolute atomic E-state index is 10.7. The molecule has 0 aliphatic heterocycles. The van der Waals surface area contributed by atoms with Crippen LogP contribution >= 0.6 is 11.6 Å². The Bertz CT molecular complexity index is 540. The molecule has 0 aromatic heterocycles. The summed E-state index contributed by atoms with van der Waals surface area (Å²) >= 11 is 5.92. The van der Waals surface area contributed by atoms with Crippen molar-refractivity contribution in [2.24, 2.45) is 0 Å². The lowest BCUT2D eigenvalue weighted by Crippen LogP contribution is -2.31. The second-order valence-corrected chi connectivity index (χ2v) is 5.04. The number of halogens is 1. The number of nitrogens with one attached hydrogen (secondary N) is 1. The van der Waals surface area contributed by atoms with Crippen molar-refractivity contribution in [2.75, 3.05) is 6.61 Å². The minimum absolute atomic E-state index is 0.0719. The molecule has 106 valence electrons. The van der Waals surface area contributed by atoms with Gasteiger partial charge in [0.2, 0.25) is 0 Å². The molecule has 1 fully saturated rings. The molecule has 20 heavy (non-hydrogen) atoms. The van der Waals surface area contributed by atoms with Crippen molar-refractivity contribution >= 4 is 17.3 Å². The molecular weight excluding hydrogens is 282 g/mol. The molecule has 0 radical (unpaired) electrons. The lowest BCUT2D eigenvalue weighted by molar-refractivity contribution is -0.384. The normalized spacial score (nSPS) is 15.4. The maximum Gasteiger partial charge on any atom is 0.273 e. The largest absolute Gasteiger partial charge is 0.492 e. The number of hydrogen-bond acceptors (Lipinski definition) is 5. The molecule has 1 aromatic rings. The molecule has 1 atom stereocenters. The Morgan fingerprint density at radius 1 is 1.60 bits per heavy atom. The number of nitrogens with zero attached hydrogens (tertiary/aromatic N) is 2. The van der Waals surface area contributed by atoms with Crippen LogP contribution in [0, 0.1) is 21.4 Å². The second-order valence-electron chi connectivity index (χ2n) is 4.63. The Labute approximate surface area is 121 Å². The number of nitriles is 1. The van der Waals surface area contributed by atoms with Crippen LogP contribution in [-0.4, -0.2) is 23.6 Å². The Hall–Kier alpha value is -1.84. The first-order valence-corrected chi connectivity index (χ1v) is 6.70. The van der Waals surface area contributed by atoms with Gasteiger partial charge in [-0.1, -0.05) is 11.6 Å². The van der Waals surface area contributed by atoms with Crippen LogP contribution in [0.5, 0.6) is 5.75 Å². The quantitative estimate of drug-likeness (QED) is 0.617. The van der Waals surface area contributed by atoms with E-state index in [1.165, 1.54) is 18.2 Å². The van der Waals surface area contributed by atoms with Gasteiger partial charge in [-0.2, -0.15) is 5.26 Å². The summed E-state index contributed by atoms with van der Waals surface area (Å²) < 4.78 is 5.43. The molecule has 1 aliphatic carbocycles. The highest BCUT2D eigenvalue weighted by molar-refractivity contribution is 6.32. The minimum Gasteiger partial charge on any atom is -0.492 e. The highest BCUT2D eigenvalue weighted by Crippen LogP contribution is 2.29. The van der Waals surface area contributed by atoms with Crippen molar-refractivity contribution in [3.8, 4) is 11.8 Å². The molecule has 0 spiro atoms. The molecule has 6 nitrogen and oxygen atoms in total. The standard InChI is InChI=1S/C13H14ClN3O3/c14-12-4-3-11(17(18)19)7-13(12)20-6-5-10(8-15)16-9-1-2-9/h3-4,7,9-10,16H,1-2,5-6H2. The van der Waals surface area contributed by atoms with E-state index in [1.807, 2.05) is 0 Å². The van der Waals surface area contributed by atoms with Gasteiger partial charge in [0.15, 0.2) is 0 Å². The Kier molecular flexibility index (Phi) is 4.77. The summed E-state index contributed by atoms with van der Waals surface area (Å²) in [7, 11) is 0. The van der Waals surface area contributed by atoms with Gasteiger partial charge in [0.25, 0.3) is 5.69 Å². The smallest absolute Gasteiger partial charge is 0.273 e. The molecule has 2 rings (SSSR count). The third-order valence-electron chi connectivity index (χ3n) is 2.96. The van der Waals surface area contributed by atoms with Crippen molar-refractivity contribution in [2.45, 2.75) is 31.3 Å². The summed E-state index contributed by atoms with van der Waals surface area (Å²) in [5.41, 5.74) is -0.0719. The van der Waals surface area contributed by atoms with E-state index in [0.717, 1.165) is 12.8 Å². The van der Waals surface area contributed by atoms with E-state index in [0.29, 0.717) is 17.5 Å². The number of nitro benzene ring substituents is 1. The van der Waals surface area contributed by atoms with E-state index >= 15 is 0 Å². The number of hydrogen-bond donors (Lipinski definition) is 1. The van der Waals surface area contributed by atoms with Crippen LogP contribution < -0.4 is 10.1 Å². The van der Waals surface area contributed by atoms with E-state index in [2.05, 4.69) is 11.4 Å². The van der Waals surface area contributed by atoms with Gasteiger partial charge in [-0.05, 0) is 18.9 Å². The van der Waals surface area contributed by atoms with Crippen molar-refractivity contribution in [3.05, 3.63) is 33.3 Å². The minimum atomic E-state index is -0.504. The van der Waals surface area contributed by atoms with Crippen LogP contribution in [0.3, 0.4) is 0 Å². The van der Waals surface area contributed by atoms with Crippen LogP contribution in [0.15, 0.2) is 18.2 Å². The zero-order chi connectivity index (χ0) is 14.5. The van der Waals surface area contributed by atoms with E-state index in [9.17, 15) is 10.1 Å². The van der Waals surface area contributed by atoms with E-state index in [1.54, 1.807) is 0 Å². The first kappa shape index (κ1) is 14.6. The molecule has 0 heterocycles. The van der Waals surface area contributed by atoms with E-state index in [-0.39, 0.29) is 24.1 Å². The number of benzene rings is 1. The third-order valence-corrected chi connectivity index (χ3v) is 3.27. The molecule has 0 amide bonds. The molecule has 0 bridgehead atoms. The predicted octanol–water partition coefficient (Wildman–Crippen LogP) is 2.66. The summed E-state index contributed by atoms with van der Waals surface area (Å²) in [4.78, 5) is 10.2. The number of rotatable bonds is 7. The summed E-state index contributed by atoms with van der Waals surface area (Å²) in [6.45, 7) is 0.277. The Morgan fingerprint density at radius 2 is 2.35 bits per heavy atom. The molecule has 1 aliphatic rings. The highest BCUT2D eigenvalue weighted by Gasteiger charge is 2.24. The van der Waals surface area contributed by atoms with Gasteiger partial charge < -0.3 is 4.74 Å². The fraction of sp³-hybridized carbons (Fsp3) is 0.462. The van der Waals surface area contributed by atoms with Crippen LogP contribution in [0.25, 0.3) is 0 Å². The molecule has 7 heteroatoms. The lowest BCUT2D eigenvalue weighted by Gasteiger charge is -2.12. The Balaban J connectivity index is 1.87. The first-order valence-electron chi connectivity index (χ1n) is 6.32. The summed E-state index contributed by atoms with van der Waals surface area (Å²) in [5.74, 6) is 0.268. The Morgan fingerprint density at radius 3 is 2.95 bits per heavy atom. The molecule has 1 unspecified atom stereocenters. The fourth-order valence-corrected chi connectivity index (χ4v) is 1.89. The number of ether oxygens (including phenoxy) is 1. The zero-order valence-electron chi connectivity index (χ0n) is 10.7. The van der Waals surface area contributed by atoms with Gasteiger partial charge in [-0.15, -0.1) is 0 Å². The topological polar surface area (TPSA) is 88.2 Å². The van der Waals surface area contributed by atoms with Gasteiger partial charge in [0.05, 0.1) is 34.7 Å². The van der Waals surface area contributed by atoms with Gasteiger partial charge in [0, 0.05) is 18.5 Å². The average molecular weight is 296 g/mol. The molecule has 0 saturated heterocycles. The van der Waals surface area contributed by atoms with Crippen molar-refractivity contribution in [1.29, 1.82) is 5.26 Å². The van der Waals surface area contributed by atoms with Gasteiger partial charge in [0.1, 0.15) is 5.75 Å². The lowest BCUT2D eigenvalue weighted by atomic mass is 10.2. The van der Waals surface area contributed by atoms with Crippen LogP contribution in [0.1, 0.15) is 19.3 Å². The second kappa shape index (κ2) is 6.55. The SMILES string of the molecule is N#CC(CCOc1cc([N+](=O)[O-])ccc1Cl)NC1CC1. The molecular formula is C13H14ClN3O3. The first-order chi connectivity index (χ1) is 9.60. The average Bonchev–Trinajstić information content (AvgIpc) is 3.23. The van der Waals surface area contributed by atoms with Crippen molar-refractivity contribution < 1.29 is 9.66 Å². The van der Waals surface area contributed by atoms with E-state index in [4.69, 9.17) is 21.6 Å². The van der Waals surface area contributed by atoms with Crippen LogP contribution in [-0.2, 0) is 0 Å². The van der Waals surface area contributed by atoms with Gasteiger partial charge in [-0.3, -0.25) is 15.4 Å². The van der Waals surface area contributed by atoms with Crippen molar-refractivity contribution in [1.82, 2.24) is 5.32 Å². The van der Waals surface area contributed by atoms with Gasteiger partial charge in [-0.25, -0.2) is 0 Å². The predicted molar refractivity (Wildman–Crippen MR) is 73.8 cm³/mol. The van der Waals surface area contributed by atoms with Crippen molar-refractivity contribution in [3.63, 3.8) is 0 Å². The van der Waals surface area contributed by atoms with Crippen LogP contribution in [0.4, 0.5) is 5.69 Å². The number of non-ortho nitro benzene ring substituents is 1. The monoisotopic (exact) mass is 295 g/mol. The summed E-state index contributed by atoms with van der Waals surface area (Å²) in [6, 6.07) is 6.39. The molecule has 1 aromatic carbocycles. The summed E-state index contributed by atoms with van der Waals surface area (Å²) in [5, 5.41) is 23.2. The maximum atomic E-state index is 10.7. The van der Waals surface area contributed by atoms with E-state index < -0.39 is 4.92 Å². The number of nitro groups is 1.